The van der Waals surface area contributed by atoms with Gasteiger partial charge in [0.15, 0.2) is 0 Å². The van der Waals surface area contributed by atoms with Crippen molar-refractivity contribution in [1.29, 1.82) is 0 Å². The quantitative estimate of drug-likeness (QED) is 0.616. The van der Waals surface area contributed by atoms with Gasteiger partial charge in [-0.2, -0.15) is 4.31 Å². The fourth-order valence-corrected chi connectivity index (χ4v) is 3.16. The lowest BCUT2D eigenvalue weighted by molar-refractivity contribution is -0.384. The number of hydrogen-bond acceptors (Lipinski definition) is 5. The molecule has 0 aliphatic heterocycles. The summed E-state index contributed by atoms with van der Waals surface area (Å²) in [6.45, 7) is 1.24. The molecule has 0 aliphatic carbocycles. The van der Waals surface area contributed by atoms with E-state index in [0.717, 1.165) is 22.5 Å². The van der Waals surface area contributed by atoms with Crippen molar-refractivity contribution in [3.05, 3.63) is 33.3 Å². The standard InChI is InChI=1S/C11H14ClN3O5S/c1-3-14(7-11(16)13-2)21(19,20)8-4-5-9(12)10(6-8)15(17)18/h4-6H,3,7H2,1-2H3,(H,13,16). The molecule has 1 aromatic rings. The fourth-order valence-electron chi connectivity index (χ4n) is 1.55. The minimum absolute atomic E-state index is 0.0478. The van der Waals surface area contributed by atoms with E-state index in [9.17, 15) is 23.3 Å². The van der Waals surface area contributed by atoms with E-state index < -0.39 is 26.5 Å². The van der Waals surface area contributed by atoms with E-state index in [1.165, 1.54) is 7.05 Å². The minimum Gasteiger partial charge on any atom is -0.358 e. The summed E-state index contributed by atoms with van der Waals surface area (Å²) in [6, 6.07) is 3.18. The van der Waals surface area contributed by atoms with Crippen molar-refractivity contribution in [2.24, 2.45) is 0 Å². The van der Waals surface area contributed by atoms with E-state index in [1.807, 2.05) is 0 Å². The van der Waals surface area contributed by atoms with Crippen LogP contribution in [0.5, 0.6) is 0 Å². The van der Waals surface area contributed by atoms with Crippen LogP contribution in [-0.2, 0) is 14.8 Å². The van der Waals surface area contributed by atoms with Crippen molar-refractivity contribution in [1.82, 2.24) is 9.62 Å². The third-order valence-corrected chi connectivity index (χ3v) is 4.94. The summed E-state index contributed by atoms with van der Waals surface area (Å²) in [7, 11) is -2.63. The molecule has 0 saturated carbocycles. The number of rotatable bonds is 6. The number of hydrogen-bond donors (Lipinski definition) is 1. The van der Waals surface area contributed by atoms with E-state index in [0.29, 0.717) is 0 Å². The van der Waals surface area contributed by atoms with Gasteiger partial charge in [-0.15, -0.1) is 0 Å². The molecule has 1 aromatic carbocycles. The second-order valence-electron chi connectivity index (χ2n) is 3.97. The van der Waals surface area contributed by atoms with Gasteiger partial charge >= 0.3 is 0 Å². The Morgan fingerprint density at radius 1 is 1.48 bits per heavy atom. The largest absolute Gasteiger partial charge is 0.358 e. The molecule has 1 N–H and O–H groups in total. The first kappa shape index (κ1) is 17.3. The molecule has 0 radical (unpaired) electrons. The molecule has 21 heavy (non-hydrogen) atoms. The Hall–Kier alpha value is -1.71. The monoisotopic (exact) mass is 335 g/mol. The van der Waals surface area contributed by atoms with E-state index in [2.05, 4.69) is 5.32 Å². The second kappa shape index (κ2) is 6.83. The first-order valence-corrected chi connectivity index (χ1v) is 7.70. The van der Waals surface area contributed by atoms with Crippen LogP contribution in [0.1, 0.15) is 6.92 Å². The number of nitrogens with one attached hydrogen (secondary N) is 1. The lowest BCUT2D eigenvalue weighted by Gasteiger charge is -2.19. The predicted molar refractivity (Wildman–Crippen MR) is 76.6 cm³/mol. The van der Waals surface area contributed by atoms with Gasteiger partial charge in [0, 0.05) is 19.7 Å². The van der Waals surface area contributed by atoms with Gasteiger partial charge in [0.05, 0.1) is 16.4 Å². The van der Waals surface area contributed by atoms with Crippen molar-refractivity contribution in [3.8, 4) is 0 Å². The topological polar surface area (TPSA) is 110 Å². The maximum absolute atomic E-state index is 12.4. The summed E-state index contributed by atoms with van der Waals surface area (Å²) >= 11 is 5.65. The Bertz CT molecular complexity index is 662. The van der Waals surface area contributed by atoms with Gasteiger partial charge in [-0.1, -0.05) is 18.5 Å². The average Bonchev–Trinajstić information content (AvgIpc) is 2.43. The highest BCUT2D eigenvalue weighted by molar-refractivity contribution is 7.89. The maximum atomic E-state index is 12.4. The number of nitro groups is 1. The van der Waals surface area contributed by atoms with Gasteiger partial charge < -0.3 is 5.32 Å². The highest BCUT2D eigenvalue weighted by Crippen LogP contribution is 2.28. The van der Waals surface area contributed by atoms with Crippen LogP contribution in [0.3, 0.4) is 0 Å². The molecule has 1 amide bonds. The molecule has 0 heterocycles. The Kier molecular flexibility index (Phi) is 5.64. The molecule has 0 bridgehead atoms. The van der Waals surface area contributed by atoms with Crippen LogP contribution in [0.4, 0.5) is 5.69 Å². The van der Waals surface area contributed by atoms with E-state index in [-0.39, 0.29) is 23.0 Å². The number of nitrogens with zero attached hydrogens (tertiary/aromatic N) is 2. The molecule has 0 aromatic heterocycles. The number of amides is 1. The predicted octanol–water partition coefficient (Wildman–Crippen LogP) is 1.00. The first-order chi connectivity index (χ1) is 9.73. The van der Waals surface area contributed by atoms with Gasteiger partial charge in [-0.25, -0.2) is 8.42 Å². The minimum atomic E-state index is -4.02. The number of carbonyl (C=O) groups is 1. The lowest BCUT2D eigenvalue weighted by atomic mass is 10.3. The van der Waals surface area contributed by atoms with Gasteiger partial charge in [-0.05, 0) is 12.1 Å². The normalized spacial score (nSPS) is 11.4. The van der Waals surface area contributed by atoms with Gasteiger partial charge in [0.2, 0.25) is 15.9 Å². The molecule has 8 nitrogen and oxygen atoms in total. The molecule has 0 unspecified atom stereocenters. The summed E-state index contributed by atoms with van der Waals surface area (Å²) in [4.78, 5) is 21.1. The fraction of sp³-hybridized carbons (Fsp3) is 0.364. The zero-order valence-electron chi connectivity index (χ0n) is 11.4. The maximum Gasteiger partial charge on any atom is 0.289 e. The van der Waals surface area contributed by atoms with Gasteiger partial charge in [0.1, 0.15) is 5.02 Å². The van der Waals surface area contributed by atoms with Crippen LogP contribution in [-0.4, -0.2) is 43.7 Å². The number of benzene rings is 1. The Labute approximate surface area is 126 Å². The van der Waals surface area contributed by atoms with E-state index in [4.69, 9.17) is 11.6 Å². The lowest BCUT2D eigenvalue weighted by Crippen LogP contribution is -2.39. The van der Waals surface area contributed by atoms with Crippen molar-refractivity contribution < 1.29 is 18.1 Å². The number of likely N-dealkylation sites (N-methyl/N-ethyl adjacent to an activating group) is 2. The Balaban J connectivity index is 3.26. The zero-order valence-corrected chi connectivity index (χ0v) is 12.9. The molecule has 0 spiro atoms. The van der Waals surface area contributed by atoms with Crippen molar-refractivity contribution in [2.75, 3.05) is 20.1 Å². The third kappa shape index (κ3) is 3.90. The van der Waals surface area contributed by atoms with E-state index >= 15 is 0 Å². The summed E-state index contributed by atoms with van der Waals surface area (Å²) in [5.41, 5.74) is -0.506. The molecule has 1 rings (SSSR count). The SMILES string of the molecule is CCN(CC(=O)NC)S(=O)(=O)c1ccc(Cl)c([N+](=O)[O-])c1. The molecule has 0 saturated heterocycles. The first-order valence-electron chi connectivity index (χ1n) is 5.88. The second-order valence-corrected chi connectivity index (χ2v) is 6.32. The van der Waals surface area contributed by atoms with Crippen LogP contribution in [0.15, 0.2) is 23.1 Å². The molecular weight excluding hydrogens is 322 g/mol. The smallest absolute Gasteiger partial charge is 0.289 e. The number of sulfonamides is 1. The van der Waals surface area contributed by atoms with Crippen molar-refractivity contribution in [2.45, 2.75) is 11.8 Å². The van der Waals surface area contributed by atoms with E-state index in [1.54, 1.807) is 6.92 Å². The van der Waals surface area contributed by atoms with Crippen LogP contribution in [0, 0.1) is 10.1 Å². The van der Waals surface area contributed by atoms with Crippen LogP contribution < -0.4 is 5.32 Å². The number of halogens is 1. The Morgan fingerprint density at radius 2 is 2.10 bits per heavy atom. The molecular formula is C11H14ClN3O5S. The summed E-state index contributed by atoms with van der Waals surface area (Å²) in [5.74, 6) is -0.483. The van der Waals surface area contributed by atoms with Gasteiger partial charge in [-0.3, -0.25) is 14.9 Å². The highest BCUT2D eigenvalue weighted by atomic mass is 35.5. The van der Waals surface area contributed by atoms with Crippen LogP contribution in [0.25, 0.3) is 0 Å². The summed E-state index contributed by atoms with van der Waals surface area (Å²) in [5, 5.41) is 13.0. The molecule has 0 aliphatic rings. The number of carbonyl (C=O) groups excluding carboxylic acids is 1. The molecule has 10 heteroatoms. The molecule has 0 atom stereocenters. The molecule has 0 fully saturated rings. The van der Waals surface area contributed by atoms with Crippen molar-refractivity contribution in [3.63, 3.8) is 0 Å². The summed E-state index contributed by atoms with van der Waals surface area (Å²) in [6.07, 6.45) is 0. The highest BCUT2D eigenvalue weighted by Gasteiger charge is 2.27. The third-order valence-electron chi connectivity index (χ3n) is 2.70. The van der Waals surface area contributed by atoms with Gasteiger partial charge in [0.25, 0.3) is 5.69 Å². The molecule has 116 valence electrons. The number of nitro benzene ring substituents is 1. The van der Waals surface area contributed by atoms with Crippen LogP contribution in [0.2, 0.25) is 5.02 Å². The van der Waals surface area contributed by atoms with Crippen LogP contribution >= 0.6 is 11.6 Å². The zero-order chi connectivity index (χ0) is 16.2. The van der Waals surface area contributed by atoms with Crippen molar-refractivity contribution >= 4 is 33.2 Å². The Morgan fingerprint density at radius 3 is 2.57 bits per heavy atom. The summed E-state index contributed by atoms with van der Waals surface area (Å²) < 4.78 is 25.7. The average molecular weight is 336 g/mol.